The first kappa shape index (κ1) is 20.4. The number of aryl methyl sites for hydroxylation is 1. The summed E-state index contributed by atoms with van der Waals surface area (Å²) >= 11 is 0. The summed E-state index contributed by atoms with van der Waals surface area (Å²) in [6.45, 7) is -0.736. The van der Waals surface area contributed by atoms with E-state index in [1.165, 1.54) is 37.7 Å². The monoisotopic (exact) mass is 394 g/mol. The van der Waals surface area contributed by atoms with Crippen molar-refractivity contribution in [3.05, 3.63) is 23.5 Å². The SMILES string of the molecule is NCCOS(=O)(=O)S(=O)(=O)OCCCc1[nH]ccc1C1CCCCC1. The van der Waals surface area contributed by atoms with Crippen LogP contribution in [0.1, 0.15) is 55.7 Å². The molecule has 25 heavy (non-hydrogen) atoms. The predicted molar refractivity (Wildman–Crippen MR) is 93.7 cm³/mol. The first-order valence-corrected chi connectivity index (χ1v) is 11.9. The summed E-state index contributed by atoms with van der Waals surface area (Å²) in [4.78, 5) is 3.20. The van der Waals surface area contributed by atoms with Crippen molar-refractivity contribution < 1.29 is 25.2 Å². The van der Waals surface area contributed by atoms with E-state index in [0.717, 1.165) is 5.69 Å². The van der Waals surface area contributed by atoms with Crippen LogP contribution in [0.2, 0.25) is 0 Å². The number of hydrogen-bond donors (Lipinski definition) is 2. The lowest BCUT2D eigenvalue weighted by Gasteiger charge is -2.22. The van der Waals surface area contributed by atoms with Crippen LogP contribution in [-0.4, -0.2) is 41.6 Å². The third-order valence-corrected chi connectivity index (χ3v) is 7.80. The normalized spacial score (nSPS) is 17.0. The zero-order valence-corrected chi connectivity index (χ0v) is 15.8. The molecule has 1 heterocycles. The minimum atomic E-state index is -4.82. The molecule has 0 unspecified atom stereocenters. The van der Waals surface area contributed by atoms with Gasteiger partial charge in [0.25, 0.3) is 0 Å². The second kappa shape index (κ2) is 9.13. The van der Waals surface area contributed by atoms with Crippen molar-refractivity contribution in [3.63, 3.8) is 0 Å². The molecule has 0 saturated heterocycles. The summed E-state index contributed by atoms with van der Waals surface area (Å²) in [7, 11) is -9.64. The van der Waals surface area contributed by atoms with E-state index in [9.17, 15) is 16.8 Å². The van der Waals surface area contributed by atoms with Gasteiger partial charge in [-0.3, -0.25) is 8.37 Å². The smallest absolute Gasteiger partial charge is 0.365 e. The third-order valence-electron chi connectivity index (χ3n) is 4.31. The van der Waals surface area contributed by atoms with Gasteiger partial charge in [0.2, 0.25) is 0 Å². The van der Waals surface area contributed by atoms with E-state index in [0.29, 0.717) is 18.8 Å². The van der Waals surface area contributed by atoms with E-state index in [2.05, 4.69) is 19.4 Å². The second-order valence-corrected chi connectivity index (χ2v) is 10.7. The predicted octanol–water partition coefficient (Wildman–Crippen LogP) is 1.56. The van der Waals surface area contributed by atoms with Crippen molar-refractivity contribution in [3.8, 4) is 0 Å². The molecule has 1 aromatic rings. The van der Waals surface area contributed by atoms with Crippen molar-refractivity contribution in [1.29, 1.82) is 0 Å². The van der Waals surface area contributed by atoms with Crippen molar-refractivity contribution in [1.82, 2.24) is 4.98 Å². The molecule has 0 aromatic carbocycles. The fourth-order valence-corrected chi connectivity index (χ4v) is 5.08. The van der Waals surface area contributed by atoms with Crippen LogP contribution >= 0.6 is 0 Å². The van der Waals surface area contributed by atoms with E-state index in [1.807, 2.05) is 6.20 Å². The zero-order chi connectivity index (χ0) is 18.3. The summed E-state index contributed by atoms with van der Waals surface area (Å²) in [5.74, 6) is 0.546. The Morgan fingerprint density at radius 1 is 1.04 bits per heavy atom. The highest BCUT2D eigenvalue weighted by molar-refractivity contribution is 8.63. The van der Waals surface area contributed by atoms with Gasteiger partial charge >= 0.3 is 18.3 Å². The van der Waals surface area contributed by atoms with E-state index in [4.69, 9.17) is 5.73 Å². The number of H-pyrrole nitrogens is 1. The second-order valence-electron chi connectivity index (χ2n) is 6.10. The van der Waals surface area contributed by atoms with Gasteiger partial charge in [-0.25, -0.2) is 0 Å². The van der Waals surface area contributed by atoms with Crippen LogP contribution in [0, 0.1) is 0 Å². The number of aromatic nitrogens is 1. The van der Waals surface area contributed by atoms with Gasteiger partial charge in [-0.05, 0) is 43.2 Å². The standard InChI is InChI=1S/C15H26N2O6S2/c16-9-12-23-25(20,21)24(18,19)22-11-4-7-15-14(8-10-17-15)13-5-2-1-3-6-13/h8,10,13,17H,1-7,9,11-12,16H2. The maximum Gasteiger partial charge on any atom is 0.400 e. The van der Waals surface area contributed by atoms with Crippen LogP contribution in [0.25, 0.3) is 0 Å². The number of nitrogens with two attached hydrogens (primary N) is 1. The Labute approximate surface area is 148 Å². The quantitative estimate of drug-likeness (QED) is 0.455. The molecule has 1 aliphatic carbocycles. The summed E-state index contributed by atoms with van der Waals surface area (Å²) in [6, 6.07) is 2.08. The Hall–Kier alpha value is -0.940. The lowest BCUT2D eigenvalue weighted by Crippen LogP contribution is -2.24. The Balaban J connectivity index is 1.84. The summed E-state index contributed by atoms with van der Waals surface area (Å²) < 4.78 is 55.1. The fraction of sp³-hybridized carbons (Fsp3) is 0.733. The van der Waals surface area contributed by atoms with Gasteiger partial charge in [0.05, 0.1) is 13.2 Å². The molecule has 1 aromatic heterocycles. The largest absolute Gasteiger partial charge is 0.400 e. The van der Waals surface area contributed by atoms with E-state index < -0.39 is 24.9 Å². The van der Waals surface area contributed by atoms with Gasteiger partial charge in [-0.1, -0.05) is 19.3 Å². The molecule has 8 nitrogen and oxygen atoms in total. The molecule has 10 heteroatoms. The van der Waals surface area contributed by atoms with E-state index in [-0.39, 0.29) is 13.2 Å². The molecule has 1 aliphatic rings. The van der Waals surface area contributed by atoms with Gasteiger partial charge in [-0.15, -0.1) is 0 Å². The molecular weight excluding hydrogens is 368 g/mol. The summed E-state index contributed by atoms with van der Waals surface area (Å²) in [5.41, 5.74) is 7.45. The molecule has 1 fully saturated rings. The van der Waals surface area contributed by atoms with Crippen LogP contribution in [0.5, 0.6) is 0 Å². The number of hydrogen-bond acceptors (Lipinski definition) is 7. The molecule has 0 bridgehead atoms. The van der Waals surface area contributed by atoms with Gasteiger partial charge < -0.3 is 10.7 Å². The molecule has 2 rings (SSSR count). The van der Waals surface area contributed by atoms with Crippen LogP contribution in [0.4, 0.5) is 0 Å². The van der Waals surface area contributed by atoms with Crippen molar-refractivity contribution in [2.75, 3.05) is 19.8 Å². The maximum atomic E-state index is 11.6. The van der Waals surface area contributed by atoms with Crippen molar-refractivity contribution >= 4 is 18.3 Å². The van der Waals surface area contributed by atoms with E-state index in [1.54, 1.807) is 0 Å². The summed E-state index contributed by atoms with van der Waals surface area (Å²) in [6.07, 6.45) is 8.96. The Bertz CT molecular complexity index is 736. The van der Waals surface area contributed by atoms with Crippen LogP contribution < -0.4 is 5.73 Å². The minimum absolute atomic E-state index is 0.106. The number of rotatable bonds is 10. The molecule has 0 radical (unpaired) electrons. The van der Waals surface area contributed by atoms with Crippen LogP contribution in [-0.2, 0) is 33.1 Å². The topological polar surface area (TPSA) is 129 Å². The first-order chi connectivity index (χ1) is 11.9. The molecule has 0 spiro atoms. The van der Waals surface area contributed by atoms with Crippen molar-refractivity contribution in [2.45, 2.75) is 50.9 Å². The highest BCUT2D eigenvalue weighted by atomic mass is 33.2. The average Bonchev–Trinajstić information content (AvgIpc) is 3.06. The Morgan fingerprint density at radius 2 is 1.68 bits per heavy atom. The van der Waals surface area contributed by atoms with Gasteiger partial charge in [0.15, 0.2) is 0 Å². The average molecular weight is 395 g/mol. The highest BCUT2D eigenvalue weighted by Gasteiger charge is 2.32. The van der Waals surface area contributed by atoms with Crippen LogP contribution in [0.15, 0.2) is 12.3 Å². The van der Waals surface area contributed by atoms with Gasteiger partial charge in [0, 0.05) is 18.4 Å². The summed E-state index contributed by atoms with van der Waals surface area (Å²) in [5, 5.41) is 0. The third kappa shape index (κ3) is 5.52. The lowest BCUT2D eigenvalue weighted by atomic mass is 9.83. The van der Waals surface area contributed by atoms with E-state index >= 15 is 0 Å². The molecule has 3 N–H and O–H groups in total. The molecule has 0 atom stereocenters. The highest BCUT2D eigenvalue weighted by Crippen LogP contribution is 2.34. The van der Waals surface area contributed by atoms with Crippen LogP contribution in [0.3, 0.4) is 0 Å². The Kier molecular flexibility index (Phi) is 7.44. The number of nitrogens with one attached hydrogen (secondary N) is 1. The Morgan fingerprint density at radius 3 is 2.32 bits per heavy atom. The minimum Gasteiger partial charge on any atom is -0.365 e. The molecule has 0 amide bonds. The molecule has 0 aliphatic heterocycles. The van der Waals surface area contributed by atoms with Gasteiger partial charge in [-0.2, -0.15) is 16.8 Å². The zero-order valence-electron chi connectivity index (χ0n) is 14.1. The van der Waals surface area contributed by atoms with Crippen molar-refractivity contribution in [2.24, 2.45) is 5.73 Å². The lowest BCUT2D eigenvalue weighted by molar-refractivity contribution is 0.302. The molecule has 1 saturated carbocycles. The molecular formula is C15H26N2O6S2. The fourth-order valence-electron chi connectivity index (χ4n) is 3.11. The van der Waals surface area contributed by atoms with Gasteiger partial charge in [0.1, 0.15) is 0 Å². The number of aromatic amines is 1. The molecule has 144 valence electrons. The maximum absolute atomic E-state index is 11.6. The first-order valence-electron chi connectivity index (χ1n) is 8.52.